The van der Waals surface area contributed by atoms with Gasteiger partial charge in [0.2, 0.25) is 5.28 Å². The molecule has 1 aromatic heterocycles. The summed E-state index contributed by atoms with van der Waals surface area (Å²) in [6.45, 7) is 4.12. The summed E-state index contributed by atoms with van der Waals surface area (Å²) in [6, 6.07) is 0.975. The minimum atomic E-state index is -4.50. The number of nitrogens with zero attached hydrogens (tertiary/aromatic N) is 4. The average molecular weight is 321 g/mol. The summed E-state index contributed by atoms with van der Waals surface area (Å²) in [5.41, 5.74) is -0.988. The number of hydrogen-bond donors (Lipinski definition) is 0. The lowest BCUT2D eigenvalue weighted by Gasteiger charge is -2.35. The summed E-state index contributed by atoms with van der Waals surface area (Å²) in [5.74, 6) is 1.08. The maximum absolute atomic E-state index is 12.8. The molecular formula is C13H16ClF3N4. The number of rotatable bonds is 3. The average Bonchev–Trinajstić information content (AvgIpc) is 3.22. The molecule has 0 unspecified atom stereocenters. The fourth-order valence-corrected chi connectivity index (χ4v) is 2.72. The highest BCUT2D eigenvalue weighted by molar-refractivity contribution is 6.28. The molecule has 1 aromatic rings. The van der Waals surface area contributed by atoms with E-state index in [0.717, 1.165) is 31.6 Å². The smallest absolute Gasteiger partial charge is 0.354 e. The van der Waals surface area contributed by atoms with Crippen molar-refractivity contribution in [2.24, 2.45) is 5.92 Å². The fourth-order valence-electron chi connectivity index (χ4n) is 2.54. The molecule has 8 heteroatoms. The van der Waals surface area contributed by atoms with Gasteiger partial charge in [0.05, 0.1) is 0 Å². The minimum Gasteiger partial charge on any atom is -0.354 e. The molecule has 1 saturated carbocycles. The number of alkyl halides is 3. The lowest BCUT2D eigenvalue weighted by atomic mass is 10.2. The van der Waals surface area contributed by atoms with E-state index >= 15 is 0 Å². The monoisotopic (exact) mass is 320 g/mol. The van der Waals surface area contributed by atoms with E-state index < -0.39 is 11.9 Å². The Balaban J connectivity index is 1.68. The molecule has 21 heavy (non-hydrogen) atoms. The number of anilines is 1. The Morgan fingerprint density at radius 2 is 1.81 bits per heavy atom. The van der Waals surface area contributed by atoms with Crippen LogP contribution < -0.4 is 4.90 Å². The van der Waals surface area contributed by atoms with E-state index in [0.29, 0.717) is 13.1 Å². The third-order valence-corrected chi connectivity index (χ3v) is 4.05. The first-order valence-corrected chi connectivity index (χ1v) is 7.39. The van der Waals surface area contributed by atoms with Gasteiger partial charge >= 0.3 is 6.18 Å². The van der Waals surface area contributed by atoms with Crippen molar-refractivity contribution in [3.8, 4) is 0 Å². The zero-order chi connectivity index (χ0) is 15.0. The molecule has 0 radical (unpaired) electrons. The molecule has 2 fully saturated rings. The van der Waals surface area contributed by atoms with Crippen LogP contribution in [0.15, 0.2) is 6.07 Å². The summed E-state index contributed by atoms with van der Waals surface area (Å²) in [7, 11) is 0. The molecule has 0 spiro atoms. The van der Waals surface area contributed by atoms with Gasteiger partial charge in [-0.2, -0.15) is 13.2 Å². The van der Waals surface area contributed by atoms with E-state index in [1.54, 1.807) is 0 Å². The van der Waals surface area contributed by atoms with Crippen LogP contribution in [-0.2, 0) is 6.18 Å². The molecule has 0 bridgehead atoms. The zero-order valence-electron chi connectivity index (χ0n) is 11.4. The molecule has 1 saturated heterocycles. The molecule has 0 amide bonds. The van der Waals surface area contributed by atoms with Gasteiger partial charge in [0.1, 0.15) is 5.82 Å². The van der Waals surface area contributed by atoms with Crippen LogP contribution in [0.1, 0.15) is 18.5 Å². The Bertz CT molecular complexity index is 511. The second kappa shape index (κ2) is 5.61. The highest BCUT2D eigenvalue weighted by Gasteiger charge is 2.34. The van der Waals surface area contributed by atoms with Crippen LogP contribution in [0.5, 0.6) is 0 Å². The van der Waals surface area contributed by atoms with Crippen molar-refractivity contribution in [3.63, 3.8) is 0 Å². The SMILES string of the molecule is FC(F)(F)c1cc(N2CCN(CC3CC3)CC2)nc(Cl)n1. The van der Waals surface area contributed by atoms with Gasteiger partial charge in [0, 0.05) is 38.8 Å². The lowest BCUT2D eigenvalue weighted by Crippen LogP contribution is -2.47. The minimum absolute atomic E-state index is 0.258. The highest BCUT2D eigenvalue weighted by atomic mass is 35.5. The van der Waals surface area contributed by atoms with Gasteiger partial charge in [-0.1, -0.05) is 0 Å². The van der Waals surface area contributed by atoms with Crippen molar-refractivity contribution in [1.82, 2.24) is 14.9 Å². The number of hydrogen-bond acceptors (Lipinski definition) is 4. The summed E-state index contributed by atoms with van der Waals surface area (Å²) in [5, 5.41) is -0.361. The molecule has 4 nitrogen and oxygen atoms in total. The number of halogens is 4. The van der Waals surface area contributed by atoms with Gasteiger partial charge in [-0.3, -0.25) is 4.90 Å². The molecule has 2 aliphatic rings. The van der Waals surface area contributed by atoms with Gasteiger partial charge in [0.15, 0.2) is 5.69 Å². The van der Waals surface area contributed by atoms with Gasteiger partial charge in [-0.15, -0.1) is 0 Å². The van der Waals surface area contributed by atoms with Crippen LogP contribution in [0.3, 0.4) is 0 Å². The van der Waals surface area contributed by atoms with Gasteiger partial charge in [-0.25, -0.2) is 9.97 Å². The second-order valence-corrected chi connectivity index (χ2v) is 5.95. The predicted octanol–water partition coefficient (Wildman–Crippen LogP) is 2.68. The number of piperazine rings is 1. The third-order valence-electron chi connectivity index (χ3n) is 3.89. The van der Waals surface area contributed by atoms with Gasteiger partial charge < -0.3 is 4.90 Å². The summed E-state index contributed by atoms with van der Waals surface area (Å²) in [4.78, 5) is 11.4. The second-order valence-electron chi connectivity index (χ2n) is 5.61. The Kier molecular flexibility index (Phi) is 3.96. The Hall–Kier alpha value is -1.08. The third kappa shape index (κ3) is 3.77. The molecule has 0 N–H and O–H groups in total. The summed E-state index contributed by atoms with van der Waals surface area (Å²) < 4.78 is 38.3. The van der Waals surface area contributed by atoms with Crippen LogP contribution >= 0.6 is 11.6 Å². The highest BCUT2D eigenvalue weighted by Crippen LogP contribution is 2.32. The molecule has 1 aliphatic heterocycles. The van der Waals surface area contributed by atoms with E-state index in [-0.39, 0.29) is 11.1 Å². The van der Waals surface area contributed by atoms with Crippen LogP contribution in [0.4, 0.5) is 19.0 Å². The predicted molar refractivity (Wildman–Crippen MR) is 73.4 cm³/mol. The number of aromatic nitrogens is 2. The maximum atomic E-state index is 12.8. The standard InChI is InChI=1S/C13H16ClF3N4/c14-12-18-10(13(15,16)17)7-11(19-12)21-5-3-20(4-6-21)8-9-1-2-9/h7,9H,1-6,8H2. The topological polar surface area (TPSA) is 32.3 Å². The lowest BCUT2D eigenvalue weighted by molar-refractivity contribution is -0.141. The first-order chi connectivity index (χ1) is 9.91. The zero-order valence-corrected chi connectivity index (χ0v) is 12.2. The molecular weight excluding hydrogens is 305 g/mol. The summed E-state index contributed by atoms with van der Waals surface area (Å²) >= 11 is 5.62. The van der Waals surface area contributed by atoms with Crippen molar-refractivity contribution in [2.75, 3.05) is 37.6 Å². The van der Waals surface area contributed by atoms with Gasteiger partial charge in [-0.05, 0) is 30.4 Å². The molecule has 0 aromatic carbocycles. The van der Waals surface area contributed by atoms with Crippen LogP contribution in [0.2, 0.25) is 5.28 Å². The molecule has 1 aliphatic carbocycles. The van der Waals surface area contributed by atoms with E-state index in [1.807, 2.05) is 4.90 Å². The van der Waals surface area contributed by atoms with Gasteiger partial charge in [0.25, 0.3) is 0 Å². The van der Waals surface area contributed by atoms with E-state index in [1.165, 1.54) is 12.8 Å². The molecule has 2 heterocycles. The van der Waals surface area contributed by atoms with Crippen molar-refractivity contribution < 1.29 is 13.2 Å². The van der Waals surface area contributed by atoms with Crippen molar-refractivity contribution in [1.29, 1.82) is 0 Å². The van der Waals surface area contributed by atoms with Crippen LogP contribution in [0, 0.1) is 5.92 Å². The van der Waals surface area contributed by atoms with Crippen LogP contribution in [0.25, 0.3) is 0 Å². The Morgan fingerprint density at radius 3 is 2.38 bits per heavy atom. The first-order valence-electron chi connectivity index (χ1n) is 7.01. The Morgan fingerprint density at radius 1 is 1.14 bits per heavy atom. The quantitative estimate of drug-likeness (QED) is 0.802. The van der Waals surface area contributed by atoms with E-state index in [2.05, 4.69) is 14.9 Å². The molecule has 0 atom stereocenters. The van der Waals surface area contributed by atoms with Crippen molar-refractivity contribution >= 4 is 17.4 Å². The van der Waals surface area contributed by atoms with Crippen molar-refractivity contribution in [3.05, 3.63) is 17.0 Å². The molecule has 116 valence electrons. The normalized spacial score (nSPS) is 20.9. The Labute approximate surface area is 125 Å². The largest absolute Gasteiger partial charge is 0.433 e. The van der Waals surface area contributed by atoms with Crippen molar-refractivity contribution in [2.45, 2.75) is 19.0 Å². The van der Waals surface area contributed by atoms with E-state index in [4.69, 9.17) is 11.6 Å². The fraction of sp³-hybridized carbons (Fsp3) is 0.692. The first kappa shape index (κ1) is 14.8. The summed E-state index contributed by atoms with van der Waals surface area (Å²) in [6.07, 6.45) is -1.90. The van der Waals surface area contributed by atoms with E-state index in [9.17, 15) is 13.2 Å². The van der Waals surface area contributed by atoms with Crippen LogP contribution in [-0.4, -0.2) is 47.6 Å². The maximum Gasteiger partial charge on any atom is 0.433 e. The molecule has 3 rings (SSSR count).